The topological polar surface area (TPSA) is 156 Å². The number of amides is 1. The van der Waals surface area contributed by atoms with Gasteiger partial charge in [-0.1, -0.05) is 11.3 Å². The van der Waals surface area contributed by atoms with Crippen LogP contribution in [0.2, 0.25) is 0 Å². The van der Waals surface area contributed by atoms with E-state index < -0.39 is 66.3 Å². The normalized spacial score (nSPS) is 23.7. The molecule has 12 nitrogen and oxygen atoms in total. The van der Waals surface area contributed by atoms with E-state index in [9.17, 15) is 28.4 Å². The van der Waals surface area contributed by atoms with Crippen LogP contribution in [-0.4, -0.2) is 65.5 Å². The average Bonchev–Trinajstić information content (AvgIpc) is 3.11. The number of ether oxygens (including phenoxy) is 5. The first kappa shape index (κ1) is 26.0. The summed E-state index contributed by atoms with van der Waals surface area (Å²) in [4.78, 5) is 64.3. The van der Waals surface area contributed by atoms with Crippen LogP contribution in [0.5, 0.6) is 0 Å². The molecule has 0 saturated carbocycles. The third-order valence-corrected chi connectivity index (χ3v) is 5.46. The van der Waals surface area contributed by atoms with E-state index in [0.29, 0.717) is 10.2 Å². The summed E-state index contributed by atoms with van der Waals surface area (Å²) in [5.41, 5.74) is 0.415. The minimum Gasteiger partial charge on any atom is -0.455 e. The van der Waals surface area contributed by atoms with E-state index >= 15 is 0 Å². The maximum Gasteiger partial charge on any atom is 0.305 e. The van der Waals surface area contributed by atoms with E-state index in [-0.39, 0.29) is 5.13 Å². The molecule has 1 saturated heterocycles. The van der Waals surface area contributed by atoms with Crippen molar-refractivity contribution >= 4 is 56.5 Å². The Bertz CT molecular complexity index is 1170. The van der Waals surface area contributed by atoms with Crippen LogP contribution in [0.4, 0.5) is 9.52 Å². The van der Waals surface area contributed by atoms with E-state index in [4.69, 9.17) is 23.7 Å². The van der Waals surface area contributed by atoms with Crippen LogP contribution < -0.4 is 5.32 Å². The zero-order valence-electron chi connectivity index (χ0n) is 18.9. The minimum absolute atomic E-state index is 0.0657. The van der Waals surface area contributed by atoms with Gasteiger partial charge in [0.2, 0.25) is 12.4 Å². The van der Waals surface area contributed by atoms with Crippen molar-refractivity contribution < 1.29 is 52.0 Å². The molecule has 5 atom stereocenters. The highest BCUT2D eigenvalue weighted by Gasteiger charge is 2.55. The molecule has 0 unspecified atom stereocenters. The zero-order chi connectivity index (χ0) is 25.9. The standard InChI is InChI=1S/C21H21FN2O10S/c1-8(25)30-15-16(31-9(2)26)18(32-10(3)27)20(33-11(4)28)34-17(15)19(29)24-21-23-13-6-5-12(22)7-14(13)35-21/h5-7,15-18,20H,1-4H3,(H,23,24,29)/t15-,16-,17-,18+,20+/m0/s1. The third-order valence-electron chi connectivity index (χ3n) is 4.52. The van der Waals surface area contributed by atoms with Crippen molar-refractivity contribution in [2.24, 2.45) is 0 Å². The predicted molar refractivity (Wildman–Crippen MR) is 115 cm³/mol. The maximum absolute atomic E-state index is 13.5. The number of hydrogen-bond donors (Lipinski definition) is 1. The van der Waals surface area contributed by atoms with Crippen molar-refractivity contribution in [3.63, 3.8) is 0 Å². The molecule has 3 rings (SSSR count). The van der Waals surface area contributed by atoms with Crippen LogP contribution in [0.15, 0.2) is 18.2 Å². The van der Waals surface area contributed by atoms with Gasteiger partial charge in [-0.15, -0.1) is 0 Å². The van der Waals surface area contributed by atoms with E-state index in [1.54, 1.807) is 0 Å². The van der Waals surface area contributed by atoms with Crippen molar-refractivity contribution in [2.75, 3.05) is 5.32 Å². The van der Waals surface area contributed by atoms with Crippen molar-refractivity contribution in [1.29, 1.82) is 0 Å². The second kappa shape index (κ2) is 10.7. The Morgan fingerprint density at radius 1 is 0.886 bits per heavy atom. The van der Waals surface area contributed by atoms with E-state index in [1.807, 2.05) is 0 Å². The first-order chi connectivity index (χ1) is 16.4. The summed E-state index contributed by atoms with van der Waals surface area (Å²) in [5.74, 6) is -4.83. The molecule has 1 fully saturated rings. The Morgan fingerprint density at radius 2 is 1.46 bits per heavy atom. The van der Waals surface area contributed by atoms with Gasteiger partial charge >= 0.3 is 23.9 Å². The summed E-state index contributed by atoms with van der Waals surface area (Å²) in [6.45, 7) is 4.18. The molecular weight excluding hydrogens is 491 g/mol. The van der Waals surface area contributed by atoms with Gasteiger partial charge < -0.3 is 23.7 Å². The molecule has 0 aliphatic carbocycles. The molecule has 1 amide bonds. The van der Waals surface area contributed by atoms with Crippen molar-refractivity contribution in [3.8, 4) is 0 Å². The number of esters is 4. The lowest BCUT2D eigenvalue weighted by Gasteiger charge is -2.43. The molecule has 1 N–H and O–H groups in total. The molecule has 14 heteroatoms. The van der Waals surface area contributed by atoms with Gasteiger partial charge in [0, 0.05) is 27.7 Å². The fraction of sp³-hybridized carbons (Fsp3) is 0.429. The largest absolute Gasteiger partial charge is 0.455 e. The first-order valence-corrected chi connectivity index (χ1v) is 11.0. The number of nitrogens with zero attached hydrogens (tertiary/aromatic N) is 1. The van der Waals surface area contributed by atoms with Gasteiger partial charge in [-0.3, -0.25) is 29.3 Å². The van der Waals surface area contributed by atoms with E-state index in [2.05, 4.69) is 10.3 Å². The summed E-state index contributed by atoms with van der Waals surface area (Å²) >= 11 is 0.964. The Balaban J connectivity index is 1.98. The molecule has 0 spiro atoms. The number of rotatable bonds is 6. The highest BCUT2D eigenvalue weighted by molar-refractivity contribution is 7.22. The van der Waals surface area contributed by atoms with Crippen LogP contribution in [-0.2, 0) is 47.7 Å². The highest BCUT2D eigenvalue weighted by atomic mass is 32.1. The second-order valence-electron chi connectivity index (χ2n) is 7.38. The number of carbonyl (C=O) groups excluding carboxylic acids is 5. The molecule has 2 aromatic rings. The van der Waals surface area contributed by atoms with Gasteiger partial charge in [-0.25, -0.2) is 9.37 Å². The molecule has 188 valence electrons. The molecule has 0 bridgehead atoms. The number of fused-ring (bicyclic) bond motifs is 1. The Hall–Kier alpha value is -3.65. The first-order valence-electron chi connectivity index (χ1n) is 10.2. The summed E-state index contributed by atoms with van der Waals surface area (Å²) in [6.07, 6.45) is -8.10. The molecule has 1 aliphatic heterocycles. The second-order valence-corrected chi connectivity index (χ2v) is 8.41. The van der Waals surface area contributed by atoms with Gasteiger partial charge in [0.15, 0.2) is 23.4 Å². The quantitative estimate of drug-likeness (QED) is 0.441. The number of nitrogens with one attached hydrogen (secondary N) is 1. The lowest BCUT2D eigenvalue weighted by molar-refractivity contribution is -0.289. The number of thiazole rings is 1. The molecule has 2 heterocycles. The fourth-order valence-corrected chi connectivity index (χ4v) is 4.27. The van der Waals surface area contributed by atoms with Crippen LogP contribution in [0.1, 0.15) is 27.7 Å². The lowest BCUT2D eigenvalue weighted by Crippen LogP contribution is -2.64. The van der Waals surface area contributed by atoms with Gasteiger partial charge in [-0.05, 0) is 18.2 Å². The van der Waals surface area contributed by atoms with Crippen LogP contribution >= 0.6 is 11.3 Å². The Labute approximate surface area is 201 Å². The monoisotopic (exact) mass is 512 g/mol. The van der Waals surface area contributed by atoms with Gasteiger partial charge in [0.05, 0.1) is 10.2 Å². The van der Waals surface area contributed by atoms with Gasteiger partial charge in [-0.2, -0.15) is 0 Å². The van der Waals surface area contributed by atoms with Crippen LogP contribution in [0.25, 0.3) is 10.2 Å². The number of benzene rings is 1. The average molecular weight is 512 g/mol. The molecule has 1 aromatic carbocycles. The predicted octanol–water partition coefficient (Wildman–Crippen LogP) is 1.46. The van der Waals surface area contributed by atoms with E-state index in [0.717, 1.165) is 39.0 Å². The van der Waals surface area contributed by atoms with Crippen LogP contribution in [0, 0.1) is 5.82 Å². The smallest absolute Gasteiger partial charge is 0.305 e. The Kier molecular flexibility index (Phi) is 7.96. The highest BCUT2D eigenvalue weighted by Crippen LogP contribution is 2.32. The van der Waals surface area contributed by atoms with Gasteiger partial charge in [0.25, 0.3) is 5.91 Å². The number of aromatic nitrogens is 1. The number of carbonyl (C=O) groups is 5. The number of halogens is 1. The van der Waals surface area contributed by atoms with Crippen molar-refractivity contribution in [2.45, 2.75) is 58.4 Å². The lowest BCUT2D eigenvalue weighted by atomic mass is 9.97. The molecule has 0 radical (unpaired) electrons. The summed E-state index contributed by atoms with van der Waals surface area (Å²) in [5, 5.41) is 2.53. The number of anilines is 1. The van der Waals surface area contributed by atoms with Crippen molar-refractivity contribution in [3.05, 3.63) is 24.0 Å². The molecule has 1 aliphatic rings. The summed E-state index contributed by atoms with van der Waals surface area (Å²) in [7, 11) is 0. The summed E-state index contributed by atoms with van der Waals surface area (Å²) < 4.78 is 40.2. The van der Waals surface area contributed by atoms with Gasteiger partial charge in [0.1, 0.15) is 5.82 Å². The maximum atomic E-state index is 13.5. The number of hydrogen-bond acceptors (Lipinski definition) is 12. The van der Waals surface area contributed by atoms with Crippen molar-refractivity contribution in [1.82, 2.24) is 4.98 Å². The fourth-order valence-electron chi connectivity index (χ4n) is 3.37. The molecular formula is C21H21FN2O10S. The molecule has 1 aromatic heterocycles. The SMILES string of the molecule is CC(=O)O[C@@H]1O[C@H](C(=O)Nc2nc3ccc(F)cc3s2)[C@@H](OC(C)=O)[C@H](OC(C)=O)[C@H]1OC(C)=O. The van der Waals surface area contributed by atoms with E-state index in [1.165, 1.54) is 18.2 Å². The third kappa shape index (κ3) is 6.48. The Morgan fingerprint density at radius 3 is 2.06 bits per heavy atom. The summed E-state index contributed by atoms with van der Waals surface area (Å²) in [6, 6.07) is 3.86. The van der Waals surface area contributed by atoms with Crippen LogP contribution in [0.3, 0.4) is 0 Å². The molecule has 35 heavy (non-hydrogen) atoms. The minimum atomic E-state index is -1.69. The zero-order valence-corrected chi connectivity index (χ0v) is 19.8.